The van der Waals surface area contributed by atoms with Crippen LogP contribution in [0.2, 0.25) is 6.04 Å². The van der Waals surface area contributed by atoms with Crippen LogP contribution in [0.1, 0.15) is 27.7 Å². The van der Waals surface area contributed by atoms with Crippen molar-refractivity contribution in [2.24, 2.45) is 0 Å². The molecule has 5 heteroatoms. The molecule has 0 fully saturated rings. The summed E-state index contributed by atoms with van der Waals surface area (Å²) >= 11 is 0. The molecule has 1 atom stereocenters. The van der Waals surface area contributed by atoms with Gasteiger partial charge < -0.3 is 18.4 Å². The maximum Gasteiger partial charge on any atom is 0.503 e. The monoisotopic (exact) mass is 222 g/mol. The number of aliphatic hydroxyl groups is 1. The highest BCUT2D eigenvalue weighted by molar-refractivity contribution is 6.60. The minimum atomic E-state index is -2.61. The molecule has 86 valence electrons. The molecule has 0 spiro atoms. The summed E-state index contributed by atoms with van der Waals surface area (Å²) in [6.45, 7) is 9.10. The number of aliphatic hydroxyl groups excluding tert-OH is 1. The van der Waals surface area contributed by atoms with Gasteiger partial charge in [-0.2, -0.15) is 0 Å². The van der Waals surface area contributed by atoms with E-state index in [1.165, 1.54) is 0 Å². The Labute approximate surface area is 87.5 Å². The topological polar surface area (TPSA) is 47.9 Å². The lowest BCUT2D eigenvalue weighted by atomic mass is 10.5. The number of hydrogen-bond acceptors (Lipinski definition) is 4. The van der Waals surface area contributed by atoms with Gasteiger partial charge in [-0.3, -0.25) is 0 Å². The van der Waals surface area contributed by atoms with E-state index in [1.807, 2.05) is 20.8 Å². The molecule has 4 nitrogen and oxygen atoms in total. The third-order valence-electron chi connectivity index (χ3n) is 1.64. The molecule has 0 saturated heterocycles. The quantitative estimate of drug-likeness (QED) is 0.631. The highest BCUT2D eigenvalue weighted by atomic mass is 28.4. The molecule has 0 aliphatic carbocycles. The van der Waals surface area contributed by atoms with E-state index in [2.05, 4.69) is 0 Å². The third-order valence-corrected chi connectivity index (χ3v) is 4.91. The Kier molecular flexibility index (Phi) is 7.39. The highest BCUT2D eigenvalue weighted by Gasteiger charge is 2.41. The Morgan fingerprint density at radius 3 is 1.57 bits per heavy atom. The van der Waals surface area contributed by atoms with Crippen LogP contribution in [0.4, 0.5) is 0 Å². The van der Waals surface area contributed by atoms with Crippen LogP contribution in [0.25, 0.3) is 0 Å². The number of rotatable bonds is 8. The minimum absolute atomic E-state index is 0.452. The summed E-state index contributed by atoms with van der Waals surface area (Å²) in [7, 11) is -2.61. The Morgan fingerprint density at radius 1 is 1.00 bits per heavy atom. The summed E-state index contributed by atoms with van der Waals surface area (Å²) in [5, 5.41) is 9.36. The van der Waals surface area contributed by atoms with E-state index in [4.69, 9.17) is 13.3 Å². The second kappa shape index (κ2) is 7.36. The van der Waals surface area contributed by atoms with E-state index in [1.54, 1.807) is 6.92 Å². The molecule has 1 N–H and O–H groups in total. The SMILES string of the molecule is CCO[Si](CC(C)O)(OCC)OCC. The van der Waals surface area contributed by atoms with Crippen LogP contribution in [0, 0.1) is 0 Å². The maximum atomic E-state index is 9.36. The van der Waals surface area contributed by atoms with Gasteiger partial charge in [0, 0.05) is 25.9 Å². The van der Waals surface area contributed by atoms with Crippen molar-refractivity contribution in [3.63, 3.8) is 0 Å². The lowest BCUT2D eigenvalue weighted by Crippen LogP contribution is -2.48. The maximum absolute atomic E-state index is 9.36. The van der Waals surface area contributed by atoms with Gasteiger partial charge in [-0.15, -0.1) is 0 Å². The summed E-state index contributed by atoms with van der Waals surface area (Å²) < 4.78 is 16.7. The molecule has 1 unspecified atom stereocenters. The van der Waals surface area contributed by atoms with Gasteiger partial charge in [0.2, 0.25) is 0 Å². The van der Waals surface area contributed by atoms with E-state index >= 15 is 0 Å². The molecular weight excluding hydrogens is 200 g/mol. The van der Waals surface area contributed by atoms with Crippen LogP contribution in [-0.4, -0.2) is 39.8 Å². The molecule has 0 aromatic carbocycles. The van der Waals surface area contributed by atoms with Crippen molar-refractivity contribution in [2.75, 3.05) is 19.8 Å². The van der Waals surface area contributed by atoms with E-state index in [0.717, 1.165) is 0 Å². The molecule has 0 saturated carbocycles. The van der Waals surface area contributed by atoms with Crippen LogP contribution < -0.4 is 0 Å². The standard InChI is InChI=1S/C9H22O4Si/c1-5-11-14(12-6-2,13-7-3)8-9(4)10/h9-10H,5-8H2,1-4H3. The normalized spacial score (nSPS) is 14.4. The first-order chi connectivity index (χ1) is 6.60. The lowest BCUT2D eigenvalue weighted by molar-refractivity contribution is 0.0583. The van der Waals surface area contributed by atoms with Crippen LogP contribution >= 0.6 is 0 Å². The molecule has 0 aliphatic rings. The predicted molar refractivity (Wildman–Crippen MR) is 57.1 cm³/mol. The fraction of sp³-hybridized carbons (Fsp3) is 1.00. The van der Waals surface area contributed by atoms with Gasteiger partial charge in [-0.05, 0) is 27.7 Å². The molecule has 0 aromatic heterocycles. The molecule has 0 aromatic rings. The van der Waals surface area contributed by atoms with Crippen molar-refractivity contribution in [3.8, 4) is 0 Å². The lowest BCUT2D eigenvalue weighted by Gasteiger charge is -2.29. The van der Waals surface area contributed by atoms with Crippen molar-refractivity contribution in [1.82, 2.24) is 0 Å². The fourth-order valence-electron chi connectivity index (χ4n) is 1.32. The first kappa shape index (κ1) is 14.1. The van der Waals surface area contributed by atoms with Crippen molar-refractivity contribution in [2.45, 2.75) is 39.8 Å². The molecule has 0 radical (unpaired) electrons. The van der Waals surface area contributed by atoms with E-state index < -0.39 is 14.9 Å². The van der Waals surface area contributed by atoms with Crippen LogP contribution in [-0.2, 0) is 13.3 Å². The molecule has 0 amide bonds. The van der Waals surface area contributed by atoms with Crippen molar-refractivity contribution >= 4 is 8.80 Å². The van der Waals surface area contributed by atoms with Gasteiger partial charge in [0.1, 0.15) is 0 Å². The Morgan fingerprint density at radius 2 is 1.36 bits per heavy atom. The van der Waals surface area contributed by atoms with E-state index in [9.17, 15) is 5.11 Å². The molecular formula is C9H22O4Si. The third kappa shape index (κ3) is 5.07. The minimum Gasteiger partial charge on any atom is -0.393 e. The fourth-order valence-corrected chi connectivity index (χ4v) is 3.97. The Bertz CT molecular complexity index is 124. The van der Waals surface area contributed by atoms with Gasteiger partial charge in [-0.1, -0.05) is 0 Å². The van der Waals surface area contributed by atoms with Crippen molar-refractivity contribution in [1.29, 1.82) is 0 Å². The highest BCUT2D eigenvalue weighted by Crippen LogP contribution is 2.17. The van der Waals surface area contributed by atoms with Crippen molar-refractivity contribution in [3.05, 3.63) is 0 Å². The van der Waals surface area contributed by atoms with Gasteiger partial charge in [-0.25, -0.2) is 0 Å². The van der Waals surface area contributed by atoms with E-state index in [-0.39, 0.29) is 0 Å². The van der Waals surface area contributed by atoms with Crippen LogP contribution in [0.3, 0.4) is 0 Å². The second-order valence-electron chi connectivity index (χ2n) is 3.04. The first-order valence-corrected chi connectivity index (χ1v) is 7.13. The molecule has 0 bridgehead atoms. The summed E-state index contributed by atoms with van der Waals surface area (Å²) in [5.41, 5.74) is 0. The predicted octanol–water partition coefficient (Wildman–Crippen LogP) is 1.42. The van der Waals surface area contributed by atoms with Gasteiger partial charge >= 0.3 is 8.80 Å². The zero-order valence-electron chi connectivity index (χ0n) is 9.58. The van der Waals surface area contributed by atoms with Gasteiger partial charge in [0.25, 0.3) is 0 Å². The summed E-state index contributed by atoms with van der Waals surface area (Å²) in [6, 6.07) is 0.461. The molecule has 14 heavy (non-hydrogen) atoms. The Hall–Kier alpha value is 0.0569. The van der Waals surface area contributed by atoms with Crippen LogP contribution in [0.5, 0.6) is 0 Å². The molecule has 0 heterocycles. The van der Waals surface area contributed by atoms with Gasteiger partial charge in [0.15, 0.2) is 0 Å². The number of hydrogen-bond donors (Lipinski definition) is 1. The Balaban J connectivity index is 4.37. The average molecular weight is 222 g/mol. The summed E-state index contributed by atoms with van der Waals surface area (Å²) in [6.07, 6.45) is -0.452. The average Bonchev–Trinajstić information content (AvgIpc) is 2.03. The zero-order valence-corrected chi connectivity index (χ0v) is 10.6. The molecule has 0 rings (SSSR count). The zero-order chi connectivity index (χ0) is 11.0. The summed E-state index contributed by atoms with van der Waals surface area (Å²) in [4.78, 5) is 0. The summed E-state index contributed by atoms with van der Waals surface area (Å²) in [5.74, 6) is 0. The smallest absolute Gasteiger partial charge is 0.393 e. The van der Waals surface area contributed by atoms with Crippen molar-refractivity contribution < 1.29 is 18.4 Å². The van der Waals surface area contributed by atoms with E-state index in [0.29, 0.717) is 25.9 Å². The first-order valence-electron chi connectivity index (χ1n) is 5.20. The second-order valence-corrected chi connectivity index (χ2v) is 5.68. The molecule has 0 aliphatic heterocycles. The van der Waals surface area contributed by atoms with Gasteiger partial charge in [0.05, 0.1) is 6.10 Å². The largest absolute Gasteiger partial charge is 0.503 e. The van der Waals surface area contributed by atoms with Crippen LogP contribution in [0.15, 0.2) is 0 Å².